The maximum Gasteiger partial charge on any atom is 0.123 e. The molecule has 13 heavy (non-hydrogen) atoms. The largest absolute Gasteiger partial charge is 0.490 e. The lowest BCUT2D eigenvalue weighted by molar-refractivity contribution is 0.300. The second kappa shape index (κ2) is 3.29. The summed E-state index contributed by atoms with van der Waals surface area (Å²) in [5.74, 6) is 0.958. The molecule has 1 aromatic carbocycles. The Bertz CT molecular complexity index is 305. The van der Waals surface area contributed by atoms with Gasteiger partial charge in [0.15, 0.2) is 0 Å². The molecule has 2 nitrogen and oxygen atoms in total. The van der Waals surface area contributed by atoms with Crippen molar-refractivity contribution < 1.29 is 4.74 Å². The molecule has 1 aliphatic carbocycles. The van der Waals surface area contributed by atoms with Crippen LogP contribution in [0.2, 0.25) is 0 Å². The van der Waals surface area contributed by atoms with Gasteiger partial charge in [-0.3, -0.25) is 0 Å². The molecule has 0 atom stereocenters. The molecule has 1 aliphatic rings. The van der Waals surface area contributed by atoms with E-state index in [-0.39, 0.29) is 0 Å². The molecular formula is C11H14NO. The van der Waals surface area contributed by atoms with E-state index in [1.165, 1.54) is 18.4 Å². The average Bonchev–Trinajstić information content (AvgIpc) is 2.92. The van der Waals surface area contributed by atoms with Gasteiger partial charge in [0.2, 0.25) is 0 Å². The van der Waals surface area contributed by atoms with E-state index in [0.29, 0.717) is 11.8 Å². The van der Waals surface area contributed by atoms with Crippen molar-refractivity contribution in [2.24, 2.45) is 0 Å². The van der Waals surface area contributed by atoms with Crippen molar-refractivity contribution in [2.45, 2.75) is 32.3 Å². The molecule has 1 saturated carbocycles. The normalized spacial score (nSPS) is 15.8. The highest BCUT2D eigenvalue weighted by Crippen LogP contribution is 2.30. The number of ether oxygens (including phenoxy) is 1. The Kier molecular flexibility index (Phi) is 2.13. The molecule has 0 heterocycles. The predicted octanol–water partition coefficient (Wildman–Crippen LogP) is 2.17. The van der Waals surface area contributed by atoms with Gasteiger partial charge in [-0.25, -0.2) is 0 Å². The Morgan fingerprint density at radius 1 is 1.62 bits per heavy atom. The van der Waals surface area contributed by atoms with E-state index in [1.807, 2.05) is 12.1 Å². The first-order valence-corrected chi connectivity index (χ1v) is 4.76. The third-order valence-corrected chi connectivity index (χ3v) is 2.22. The number of anilines is 1. The molecule has 1 radical (unpaired) electrons. The predicted molar refractivity (Wildman–Crippen MR) is 52.7 cm³/mol. The van der Waals surface area contributed by atoms with Crippen LogP contribution in [0.15, 0.2) is 12.1 Å². The summed E-state index contributed by atoms with van der Waals surface area (Å²) in [7, 11) is 0. The number of nitrogens with two attached hydrogens (primary N) is 1. The first kappa shape index (κ1) is 8.42. The molecule has 0 spiro atoms. The maximum atomic E-state index is 5.72. The number of hydrogen-bond donors (Lipinski definition) is 1. The van der Waals surface area contributed by atoms with E-state index >= 15 is 0 Å². The zero-order valence-corrected chi connectivity index (χ0v) is 7.84. The van der Waals surface area contributed by atoms with Crippen molar-refractivity contribution in [1.82, 2.24) is 0 Å². The SMILES string of the molecule is CCc1cc(N)[c]cc1OC1CC1. The van der Waals surface area contributed by atoms with E-state index in [1.54, 1.807) is 0 Å². The fraction of sp³-hybridized carbons (Fsp3) is 0.455. The van der Waals surface area contributed by atoms with Crippen molar-refractivity contribution >= 4 is 5.69 Å². The zero-order chi connectivity index (χ0) is 9.26. The quantitative estimate of drug-likeness (QED) is 0.716. The number of aryl methyl sites for hydroxylation is 1. The van der Waals surface area contributed by atoms with Crippen LogP contribution in [0.25, 0.3) is 0 Å². The molecular weight excluding hydrogens is 162 g/mol. The van der Waals surface area contributed by atoms with E-state index < -0.39 is 0 Å². The molecule has 69 valence electrons. The van der Waals surface area contributed by atoms with Crippen LogP contribution in [0.1, 0.15) is 25.3 Å². The van der Waals surface area contributed by atoms with Crippen molar-refractivity contribution in [2.75, 3.05) is 5.73 Å². The minimum atomic E-state index is 0.447. The summed E-state index contributed by atoms with van der Waals surface area (Å²) in [6.45, 7) is 2.11. The van der Waals surface area contributed by atoms with Gasteiger partial charge in [0.1, 0.15) is 5.75 Å². The number of nitrogen functional groups attached to an aromatic ring is 1. The first-order valence-electron chi connectivity index (χ1n) is 4.76. The number of hydrogen-bond acceptors (Lipinski definition) is 2. The molecule has 2 rings (SSSR count). The second-order valence-electron chi connectivity index (χ2n) is 3.45. The topological polar surface area (TPSA) is 35.2 Å². The zero-order valence-electron chi connectivity index (χ0n) is 7.84. The Balaban J connectivity index is 2.21. The highest BCUT2D eigenvalue weighted by atomic mass is 16.5. The van der Waals surface area contributed by atoms with Crippen LogP contribution >= 0.6 is 0 Å². The van der Waals surface area contributed by atoms with Crippen LogP contribution in [0.4, 0.5) is 5.69 Å². The third-order valence-electron chi connectivity index (χ3n) is 2.22. The molecule has 1 fully saturated rings. The summed E-state index contributed by atoms with van der Waals surface area (Å²) in [5, 5.41) is 0. The molecule has 0 aliphatic heterocycles. The summed E-state index contributed by atoms with van der Waals surface area (Å²) in [4.78, 5) is 0. The maximum absolute atomic E-state index is 5.72. The summed E-state index contributed by atoms with van der Waals surface area (Å²) in [5.41, 5.74) is 7.52. The van der Waals surface area contributed by atoms with Gasteiger partial charge < -0.3 is 10.5 Å². The smallest absolute Gasteiger partial charge is 0.123 e. The van der Waals surface area contributed by atoms with Gasteiger partial charge in [-0.2, -0.15) is 0 Å². The van der Waals surface area contributed by atoms with E-state index in [4.69, 9.17) is 10.5 Å². The van der Waals surface area contributed by atoms with Crippen LogP contribution in [0.5, 0.6) is 5.75 Å². The van der Waals surface area contributed by atoms with E-state index in [0.717, 1.165) is 12.2 Å². The highest BCUT2D eigenvalue weighted by molar-refractivity contribution is 5.47. The summed E-state index contributed by atoms with van der Waals surface area (Å²) in [6.07, 6.45) is 3.78. The summed E-state index contributed by atoms with van der Waals surface area (Å²) in [6, 6.07) is 6.76. The molecule has 2 heteroatoms. The van der Waals surface area contributed by atoms with Gasteiger partial charge >= 0.3 is 0 Å². The standard InChI is InChI=1S/C11H14NO/c1-2-8-7-9(12)3-6-11(8)13-10-4-5-10/h6-7,10H,2,4-5,12H2,1H3. The van der Waals surface area contributed by atoms with Crippen LogP contribution < -0.4 is 10.5 Å². The molecule has 1 aromatic rings. The lowest BCUT2D eigenvalue weighted by Gasteiger charge is -2.09. The molecule has 0 aromatic heterocycles. The van der Waals surface area contributed by atoms with Gasteiger partial charge in [0, 0.05) is 11.8 Å². The number of rotatable bonds is 3. The van der Waals surface area contributed by atoms with Gasteiger partial charge in [0.05, 0.1) is 6.10 Å². The van der Waals surface area contributed by atoms with E-state index in [2.05, 4.69) is 13.0 Å². The minimum Gasteiger partial charge on any atom is -0.490 e. The average molecular weight is 176 g/mol. The summed E-state index contributed by atoms with van der Waals surface area (Å²) >= 11 is 0. The molecule has 2 N–H and O–H groups in total. The molecule has 0 amide bonds. The molecule has 0 bridgehead atoms. The van der Waals surface area contributed by atoms with Crippen molar-refractivity contribution in [3.05, 3.63) is 23.8 Å². The molecule has 0 saturated heterocycles. The monoisotopic (exact) mass is 176 g/mol. The first-order chi connectivity index (χ1) is 6.29. The van der Waals surface area contributed by atoms with Gasteiger partial charge in [-0.05, 0) is 37.0 Å². The lowest BCUT2D eigenvalue weighted by Crippen LogP contribution is -2.00. The number of benzene rings is 1. The van der Waals surface area contributed by atoms with Crippen LogP contribution in [0.3, 0.4) is 0 Å². The third kappa shape index (κ3) is 1.94. The summed E-state index contributed by atoms with van der Waals surface area (Å²) < 4.78 is 5.72. The highest BCUT2D eigenvalue weighted by Gasteiger charge is 2.24. The minimum absolute atomic E-state index is 0.447. The fourth-order valence-electron chi connectivity index (χ4n) is 1.29. The van der Waals surface area contributed by atoms with E-state index in [9.17, 15) is 0 Å². The Hall–Kier alpha value is -1.18. The lowest BCUT2D eigenvalue weighted by atomic mass is 10.1. The Labute approximate surface area is 78.7 Å². The van der Waals surface area contributed by atoms with Crippen LogP contribution in [-0.2, 0) is 6.42 Å². The van der Waals surface area contributed by atoms with Gasteiger partial charge in [-0.1, -0.05) is 6.92 Å². The van der Waals surface area contributed by atoms with Crippen molar-refractivity contribution in [1.29, 1.82) is 0 Å². The fourth-order valence-corrected chi connectivity index (χ4v) is 1.29. The van der Waals surface area contributed by atoms with Crippen LogP contribution in [-0.4, -0.2) is 6.10 Å². The van der Waals surface area contributed by atoms with Crippen LogP contribution in [0, 0.1) is 6.07 Å². The second-order valence-corrected chi connectivity index (χ2v) is 3.45. The Morgan fingerprint density at radius 3 is 3.00 bits per heavy atom. The van der Waals surface area contributed by atoms with Crippen molar-refractivity contribution in [3.8, 4) is 5.75 Å². The van der Waals surface area contributed by atoms with Gasteiger partial charge in [-0.15, -0.1) is 0 Å². The molecule has 0 unspecified atom stereocenters. The van der Waals surface area contributed by atoms with Gasteiger partial charge in [0.25, 0.3) is 0 Å². The Morgan fingerprint density at radius 2 is 2.38 bits per heavy atom. The van der Waals surface area contributed by atoms with Crippen molar-refractivity contribution in [3.63, 3.8) is 0 Å².